The first-order chi connectivity index (χ1) is 7.93. The van der Waals surface area contributed by atoms with E-state index in [-0.39, 0.29) is 12.5 Å². The first-order valence-corrected chi connectivity index (χ1v) is 6.52. The number of nitrogens with one attached hydrogen (secondary N) is 1. The number of nitrogens with zero attached hydrogens (tertiary/aromatic N) is 1. The van der Waals surface area contributed by atoms with Gasteiger partial charge in [0.15, 0.2) is 0 Å². The third kappa shape index (κ3) is 5.50. The van der Waals surface area contributed by atoms with Gasteiger partial charge in [-0.15, -0.1) is 12.3 Å². The number of carboxylic acids is 1. The van der Waals surface area contributed by atoms with Crippen LogP contribution in [-0.4, -0.2) is 53.1 Å². The standard InChI is InChI=1S/C11H18N2O3S/c1-5-6-9(10(14)15)12-11(16)13(3)8(2)7-17-4/h1,8-9H,6-7H2,2-4H3,(H,12,16)(H,14,15). The van der Waals surface area contributed by atoms with Crippen molar-refractivity contribution in [3.63, 3.8) is 0 Å². The van der Waals surface area contributed by atoms with Crippen LogP contribution in [0.25, 0.3) is 0 Å². The van der Waals surface area contributed by atoms with Gasteiger partial charge in [-0.1, -0.05) is 0 Å². The van der Waals surface area contributed by atoms with Gasteiger partial charge in [0.05, 0.1) is 0 Å². The largest absolute Gasteiger partial charge is 0.480 e. The van der Waals surface area contributed by atoms with Crippen LogP contribution in [-0.2, 0) is 4.79 Å². The van der Waals surface area contributed by atoms with Crippen LogP contribution >= 0.6 is 11.8 Å². The summed E-state index contributed by atoms with van der Waals surface area (Å²) in [6, 6.07) is -1.42. The molecule has 0 aliphatic heterocycles. The maximum absolute atomic E-state index is 11.7. The molecule has 96 valence electrons. The van der Waals surface area contributed by atoms with Crippen molar-refractivity contribution in [1.29, 1.82) is 0 Å². The minimum Gasteiger partial charge on any atom is -0.480 e. The lowest BCUT2D eigenvalue weighted by molar-refractivity contribution is -0.139. The fraction of sp³-hybridized carbons (Fsp3) is 0.636. The quantitative estimate of drug-likeness (QED) is 0.693. The summed E-state index contributed by atoms with van der Waals surface area (Å²) in [5, 5.41) is 11.2. The van der Waals surface area contributed by atoms with Gasteiger partial charge in [-0.05, 0) is 13.2 Å². The lowest BCUT2D eigenvalue weighted by atomic mass is 10.2. The van der Waals surface area contributed by atoms with Gasteiger partial charge in [0.2, 0.25) is 0 Å². The summed E-state index contributed by atoms with van der Waals surface area (Å²) in [6.07, 6.45) is 6.97. The number of rotatable bonds is 6. The van der Waals surface area contributed by atoms with Crippen molar-refractivity contribution in [3.05, 3.63) is 0 Å². The van der Waals surface area contributed by atoms with Crippen molar-refractivity contribution in [2.45, 2.75) is 25.4 Å². The Labute approximate surface area is 106 Å². The smallest absolute Gasteiger partial charge is 0.327 e. The van der Waals surface area contributed by atoms with Gasteiger partial charge in [0, 0.05) is 25.3 Å². The van der Waals surface area contributed by atoms with Gasteiger partial charge in [-0.25, -0.2) is 9.59 Å². The number of terminal acetylenes is 1. The van der Waals surface area contributed by atoms with Gasteiger partial charge in [0.25, 0.3) is 0 Å². The lowest BCUT2D eigenvalue weighted by Gasteiger charge is -2.26. The maximum Gasteiger partial charge on any atom is 0.327 e. The molecule has 0 aromatic heterocycles. The molecule has 0 saturated carbocycles. The van der Waals surface area contributed by atoms with Crippen LogP contribution in [0.2, 0.25) is 0 Å². The molecule has 0 spiro atoms. The molecule has 17 heavy (non-hydrogen) atoms. The zero-order chi connectivity index (χ0) is 13.4. The normalized spacial score (nSPS) is 13.3. The topological polar surface area (TPSA) is 69.6 Å². The Bertz CT molecular complexity index is 314. The first-order valence-electron chi connectivity index (χ1n) is 5.12. The summed E-state index contributed by atoms with van der Waals surface area (Å²) in [6.45, 7) is 1.90. The van der Waals surface area contributed by atoms with Gasteiger partial charge in [-0.2, -0.15) is 11.8 Å². The van der Waals surface area contributed by atoms with E-state index in [4.69, 9.17) is 11.5 Å². The van der Waals surface area contributed by atoms with E-state index in [0.29, 0.717) is 0 Å². The zero-order valence-electron chi connectivity index (χ0n) is 10.3. The van der Waals surface area contributed by atoms with E-state index >= 15 is 0 Å². The molecule has 2 amide bonds. The molecule has 5 nitrogen and oxygen atoms in total. The molecule has 2 unspecified atom stereocenters. The molecule has 6 heteroatoms. The van der Waals surface area contributed by atoms with Crippen molar-refractivity contribution in [2.75, 3.05) is 19.1 Å². The Kier molecular flexibility index (Phi) is 7.22. The molecule has 0 fully saturated rings. The van der Waals surface area contributed by atoms with Crippen LogP contribution in [0.5, 0.6) is 0 Å². The molecule has 2 N–H and O–H groups in total. The molecule has 0 aliphatic rings. The molecular formula is C11H18N2O3S. The number of amides is 2. The van der Waals surface area contributed by atoms with E-state index < -0.39 is 18.0 Å². The molecule has 0 aliphatic carbocycles. The minimum atomic E-state index is -1.12. The molecule has 0 bridgehead atoms. The summed E-state index contributed by atoms with van der Waals surface area (Å²) in [7, 11) is 1.63. The Morgan fingerprint density at radius 2 is 2.18 bits per heavy atom. The summed E-state index contributed by atoms with van der Waals surface area (Å²) in [5.74, 6) is 1.90. The Balaban J connectivity index is 4.40. The minimum absolute atomic E-state index is 0.0220. The number of hydrogen-bond acceptors (Lipinski definition) is 3. The highest BCUT2D eigenvalue weighted by molar-refractivity contribution is 7.98. The van der Waals surface area contributed by atoms with Crippen molar-refractivity contribution in [3.8, 4) is 12.3 Å². The monoisotopic (exact) mass is 258 g/mol. The predicted molar refractivity (Wildman–Crippen MR) is 69.0 cm³/mol. The predicted octanol–water partition coefficient (Wildman–Crippen LogP) is 0.856. The number of thioether (sulfide) groups is 1. The second-order valence-corrected chi connectivity index (χ2v) is 4.57. The summed E-state index contributed by atoms with van der Waals surface area (Å²) in [5.41, 5.74) is 0. The lowest BCUT2D eigenvalue weighted by Crippen LogP contribution is -2.49. The molecule has 0 saturated heterocycles. The Morgan fingerprint density at radius 1 is 1.59 bits per heavy atom. The fourth-order valence-electron chi connectivity index (χ4n) is 1.12. The molecule has 0 aromatic carbocycles. The van der Waals surface area contributed by atoms with E-state index in [2.05, 4.69) is 11.2 Å². The molecule has 0 aromatic rings. The van der Waals surface area contributed by atoms with E-state index in [0.717, 1.165) is 5.75 Å². The van der Waals surface area contributed by atoms with Crippen LogP contribution in [0.1, 0.15) is 13.3 Å². The number of carbonyl (C=O) groups excluding carboxylic acids is 1. The van der Waals surface area contributed by atoms with E-state index in [1.54, 1.807) is 18.8 Å². The molecular weight excluding hydrogens is 240 g/mol. The molecule has 0 heterocycles. The van der Waals surface area contributed by atoms with Crippen LogP contribution in [0, 0.1) is 12.3 Å². The third-order valence-corrected chi connectivity index (χ3v) is 3.12. The van der Waals surface area contributed by atoms with Crippen molar-refractivity contribution in [2.24, 2.45) is 0 Å². The van der Waals surface area contributed by atoms with Crippen molar-refractivity contribution >= 4 is 23.8 Å². The number of carbonyl (C=O) groups is 2. The highest BCUT2D eigenvalue weighted by atomic mass is 32.2. The van der Waals surface area contributed by atoms with Gasteiger partial charge >= 0.3 is 12.0 Å². The molecule has 0 rings (SSSR count). The van der Waals surface area contributed by atoms with Crippen molar-refractivity contribution < 1.29 is 14.7 Å². The summed E-state index contributed by atoms with van der Waals surface area (Å²) in [4.78, 5) is 24.0. The SMILES string of the molecule is C#CCC(NC(=O)N(C)C(C)CSC)C(=O)O. The zero-order valence-corrected chi connectivity index (χ0v) is 11.1. The number of carboxylic acid groups (broad SMARTS) is 1. The summed E-state index contributed by atoms with van der Waals surface area (Å²) >= 11 is 1.62. The first kappa shape index (κ1) is 15.7. The van der Waals surface area contributed by atoms with E-state index in [9.17, 15) is 9.59 Å². The van der Waals surface area contributed by atoms with Gasteiger partial charge < -0.3 is 15.3 Å². The Hall–Kier alpha value is -1.35. The highest BCUT2D eigenvalue weighted by Gasteiger charge is 2.22. The fourth-order valence-corrected chi connectivity index (χ4v) is 1.83. The second-order valence-electron chi connectivity index (χ2n) is 3.66. The van der Waals surface area contributed by atoms with Crippen LogP contribution < -0.4 is 5.32 Å². The highest BCUT2D eigenvalue weighted by Crippen LogP contribution is 2.04. The van der Waals surface area contributed by atoms with Gasteiger partial charge in [0.1, 0.15) is 6.04 Å². The van der Waals surface area contributed by atoms with Crippen molar-refractivity contribution in [1.82, 2.24) is 10.2 Å². The van der Waals surface area contributed by atoms with E-state index in [1.165, 1.54) is 4.90 Å². The number of hydrogen-bond donors (Lipinski definition) is 2. The van der Waals surface area contributed by atoms with Crippen LogP contribution in [0.15, 0.2) is 0 Å². The third-order valence-electron chi connectivity index (χ3n) is 2.31. The van der Waals surface area contributed by atoms with Crippen LogP contribution in [0.4, 0.5) is 4.79 Å². The number of aliphatic carboxylic acids is 1. The average Bonchev–Trinajstić information content (AvgIpc) is 2.27. The maximum atomic E-state index is 11.7. The van der Waals surface area contributed by atoms with Gasteiger partial charge in [-0.3, -0.25) is 0 Å². The average molecular weight is 258 g/mol. The molecule has 2 atom stereocenters. The van der Waals surface area contributed by atoms with Crippen LogP contribution in [0.3, 0.4) is 0 Å². The number of urea groups is 1. The summed E-state index contributed by atoms with van der Waals surface area (Å²) < 4.78 is 0. The Morgan fingerprint density at radius 3 is 2.59 bits per heavy atom. The van der Waals surface area contributed by atoms with E-state index in [1.807, 2.05) is 13.2 Å². The molecule has 0 radical (unpaired) electrons. The second kappa shape index (κ2) is 7.85.